The molecule has 22 heavy (non-hydrogen) atoms. The molecule has 0 aliphatic heterocycles. The minimum atomic E-state index is -0.946. The third-order valence-electron chi connectivity index (χ3n) is 4.88. The van der Waals surface area contributed by atoms with Gasteiger partial charge < -0.3 is 10.2 Å². The Bertz CT molecular complexity index is 431. The van der Waals surface area contributed by atoms with Crippen molar-refractivity contribution in [2.24, 2.45) is 11.8 Å². The van der Waals surface area contributed by atoms with Crippen molar-refractivity contribution in [3.8, 4) is 0 Å². The Kier molecular flexibility index (Phi) is 7.58. The van der Waals surface area contributed by atoms with Gasteiger partial charge in [-0.25, -0.2) is 0 Å². The highest BCUT2D eigenvalue weighted by Crippen LogP contribution is 2.28. The molecule has 126 valence electrons. The van der Waals surface area contributed by atoms with Crippen molar-refractivity contribution in [3.05, 3.63) is 35.5 Å². The molecule has 3 atom stereocenters. The van der Waals surface area contributed by atoms with Gasteiger partial charge >= 0.3 is 0 Å². The minimum absolute atomic E-state index is 0.0773. The molecule has 1 rings (SSSR count). The van der Waals surface area contributed by atoms with Gasteiger partial charge in [0.1, 0.15) is 0 Å². The molecule has 0 fully saturated rings. The summed E-state index contributed by atoms with van der Waals surface area (Å²) >= 11 is 0. The highest BCUT2D eigenvalue weighted by Gasteiger charge is 2.31. The van der Waals surface area contributed by atoms with Crippen LogP contribution < -0.4 is 0 Å². The minimum Gasteiger partial charge on any atom is -0.389 e. The van der Waals surface area contributed by atoms with Crippen molar-refractivity contribution >= 4 is 0 Å². The van der Waals surface area contributed by atoms with Gasteiger partial charge in [0, 0.05) is 6.42 Å². The van der Waals surface area contributed by atoms with Crippen LogP contribution in [-0.2, 0) is 0 Å². The first kappa shape index (κ1) is 19.2. The van der Waals surface area contributed by atoms with Gasteiger partial charge in [0.05, 0.1) is 11.7 Å². The van der Waals surface area contributed by atoms with Crippen LogP contribution in [0.3, 0.4) is 0 Å². The molecule has 1 aliphatic rings. The zero-order valence-corrected chi connectivity index (χ0v) is 15.0. The zero-order chi connectivity index (χ0) is 16.8. The number of hydrogen-bond donors (Lipinski definition) is 2. The van der Waals surface area contributed by atoms with E-state index in [4.69, 9.17) is 0 Å². The third kappa shape index (κ3) is 6.10. The van der Waals surface area contributed by atoms with E-state index >= 15 is 0 Å². The van der Waals surface area contributed by atoms with Gasteiger partial charge in [-0.1, -0.05) is 50.6 Å². The van der Waals surface area contributed by atoms with Gasteiger partial charge in [0.25, 0.3) is 0 Å². The molecule has 0 spiro atoms. The van der Waals surface area contributed by atoms with E-state index in [0.29, 0.717) is 12.3 Å². The van der Waals surface area contributed by atoms with Crippen molar-refractivity contribution in [1.29, 1.82) is 0 Å². The fourth-order valence-corrected chi connectivity index (χ4v) is 2.75. The van der Waals surface area contributed by atoms with E-state index in [9.17, 15) is 10.2 Å². The van der Waals surface area contributed by atoms with Crippen LogP contribution >= 0.6 is 0 Å². The van der Waals surface area contributed by atoms with Crippen molar-refractivity contribution in [3.63, 3.8) is 0 Å². The monoisotopic (exact) mass is 306 g/mol. The molecule has 2 heteroatoms. The van der Waals surface area contributed by atoms with Gasteiger partial charge in [0.2, 0.25) is 0 Å². The maximum absolute atomic E-state index is 10.9. The molecule has 0 radical (unpaired) electrons. The smallest absolute Gasteiger partial charge is 0.0878 e. The van der Waals surface area contributed by atoms with Gasteiger partial charge in [-0.05, 0) is 56.9 Å². The first-order chi connectivity index (χ1) is 10.2. The molecule has 1 aliphatic carbocycles. The summed E-state index contributed by atoms with van der Waals surface area (Å²) in [6, 6.07) is 0. The lowest BCUT2D eigenvalue weighted by Gasteiger charge is -2.32. The Morgan fingerprint density at radius 1 is 1.18 bits per heavy atom. The van der Waals surface area contributed by atoms with Crippen LogP contribution in [0.5, 0.6) is 0 Å². The lowest BCUT2D eigenvalue weighted by atomic mass is 9.82. The van der Waals surface area contributed by atoms with Gasteiger partial charge in [0.15, 0.2) is 0 Å². The fourth-order valence-electron chi connectivity index (χ4n) is 2.75. The van der Waals surface area contributed by atoms with Crippen LogP contribution in [0, 0.1) is 11.8 Å². The zero-order valence-electron chi connectivity index (χ0n) is 15.0. The average Bonchev–Trinajstić information content (AvgIpc) is 2.44. The molecule has 0 aromatic rings. The van der Waals surface area contributed by atoms with E-state index in [1.165, 1.54) is 5.57 Å². The number of aliphatic hydroxyl groups is 2. The predicted molar refractivity (Wildman–Crippen MR) is 94.7 cm³/mol. The van der Waals surface area contributed by atoms with E-state index in [1.54, 1.807) is 0 Å². The molecule has 0 saturated heterocycles. The van der Waals surface area contributed by atoms with E-state index < -0.39 is 11.7 Å². The van der Waals surface area contributed by atoms with Crippen LogP contribution in [0.1, 0.15) is 66.7 Å². The molecule has 0 saturated carbocycles. The topological polar surface area (TPSA) is 40.5 Å². The Morgan fingerprint density at radius 3 is 2.50 bits per heavy atom. The summed E-state index contributed by atoms with van der Waals surface area (Å²) in [7, 11) is 0. The van der Waals surface area contributed by atoms with Gasteiger partial charge in [-0.2, -0.15) is 0 Å². The Morgan fingerprint density at radius 2 is 1.86 bits per heavy atom. The third-order valence-corrected chi connectivity index (χ3v) is 4.88. The first-order valence-electron chi connectivity index (χ1n) is 8.66. The predicted octanol–water partition coefficient (Wildman–Crippen LogP) is 4.78. The number of hydrogen-bond acceptors (Lipinski definition) is 2. The van der Waals surface area contributed by atoms with Crippen LogP contribution in [0.2, 0.25) is 0 Å². The first-order valence-corrected chi connectivity index (χ1v) is 8.66. The van der Waals surface area contributed by atoms with Crippen LogP contribution in [0.15, 0.2) is 35.5 Å². The Labute approximate surface area is 136 Å². The molecule has 0 aromatic carbocycles. The second-order valence-electron chi connectivity index (χ2n) is 7.32. The van der Waals surface area contributed by atoms with Crippen molar-refractivity contribution < 1.29 is 10.2 Å². The summed E-state index contributed by atoms with van der Waals surface area (Å²) in [5, 5.41) is 21.3. The summed E-state index contributed by atoms with van der Waals surface area (Å²) < 4.78 is 0. The molecule has 0 unspecified atom stereocenters. The van der Waals surface area contributed by atoms with Crippen molar-refractivity contribution in [1.82, 2.24) is 0 Å². The molecule has 0 amide bonds. The van der Waals surface area contributed by atoms with E-state index in [0.717, 1.165) is 31.3 Å². The summed E-state index contributed by atoms with van der Waals surface area (Å²) in [4.78, 5) is 0. The largest absolute Gasteiger partial charge is 0.389 e. The Balaban J connectivity index is 3.01. The van der Waals surface area contributed by atoms with E-state index in [1.807, 2.05) is 26.8 Å². The number of aliphatic hydroxyl groups excluding tert-OH is 1. The van der Waals surface area contributed by atoms with Crippen LogP contribution in [0.4, 0.5) is 0 Å². The summed E-state index contributed by atoms with van der Waals surface area (Å²) in [6.07, 6.45) is 12.4. The van der Waals surface area contributed by atoms with Gasteiger partial charge in [-0.15, -0.1) is 0 Å². The molecule has 0 bridgehead atoms. The normalized spacial score (nSPS) is 38.5. The van der Waals surface area contributed by atoms with Gasteiger partial charge in [-0.3, -0.25) is 0 Å². The molecule has 0 heterocycles. The van der Waals surface area contributed by atoms with Crippen LogP contribution in [-0.4, -0.2) is 21.9 Å². The molecule has 0 aromatic heterocycles. The second kappa shape index (κ2) is 8.69. The molecule has 2 nitrogen and oxygen atoms in total. The summed E-state index contributed by atoms with van der Waals surface area (Å²) in [5.41, 5.74) is 1.44. The second-order valence-corrected chi connectivity index (χ2v) is 7.32. The number of allylic oxidation sites excluding steroid dienone is 4. The van der Waals surface area contributed by atoms with Crippen molar-refractivity contribution in [2.75, 3.05) is 0 Å². The SMILES string of the molecule is C/C1=C\CC[C@H](C)/C=C/[C@](O)(C(C)C)C[C@@H](O)/C(C)=C/CC1. The Hall–Kier alpha value is -0.860. The maximum Gasteiger partial charge on any atom is 0.0878 e. The molecular formula is C20H34O2. The van der Waals surface area contributed by atoms with E-state index in [2.05, 4.69) is 32.1 Å². The quantitative estimate of drug-likeness (QED) is 0.684. The molecular weight excluding hydrogens is 272 g/mol. The summed E-state index contributed by atoms with van der Waals surface area (Å²) in [6.45, 7) is 10.4. The highest BCUT2D eigenvalue weighted by atomic mass is 16.3. The average molecular weight is 306 g/mol. The maximum atomic E-state index is 10.9. The molecule has 2 N–H and O–H groups in total. The standard InChI is InChI=1S/C20H34O2/c1-15(2)20(22)13-12-17(4)9-6-8-16(3)10-7-11-18(5)19(21)14-20/h8,11-13,15,17,19,21-22H,6-7,9-10,14H2,1-5H3/b13-12+,16-8+,18-11+/t17-,19+,20+/m0/s1. The number of rotatable bonds is 1. The van der Waals surface area contributed by atoms with Crippen molar-refractivity contribution in [2.45, 2.75) is 78.4 Å². The fraction of sp³-hybridized carbons (Fsp3) is 0.700. The summed E-state index contributed by atoms with van der Waals surface area (Å²) in [5.74, 6) is 0.513. The lowest BCUT2D eigenvalue weighted by Crippen LogP contribution is -2.37. The highest BCUT2D eigenvalue weighted by molar-refractivity contribution is 5.13. The van der Waals surface area contributed by atoms with Crippen LogP contribution in [0.25, 0.3) is 0 Å². The lowest BCUT2D eigenvalue weighted by molar-refractivity contribution is 0.00153. The van der Waals surface area contributed by atoms with E-state index in [-0.39, 0.29) is 5.92 Å².